The molecule has 0 aromatic heterocycles. The maximum absolute atomic E-state index is 11.7. The van der Waals surface area contributed by atoms with Crippen molar-refractivity contribution in [3.05, 3.63) is 60.7 Å². The Balaban J connectivity index is 0.000000131. The van der Waals surface area contributed by atoms with Crippen LogP contribution in [0.4, 0.5) is 0 Å². The minimum Gasteiger partial charge on any atom is -0.291 e. The van der Waals surface area contributed by atoms with Crippen LogP contribution in [0.15, 0.2) is 60.7 Å². The summed E-state index contributed by atoms with van der Waals surface area (Å²) in [6, 6.07) is 20.8. The molecule has 0 aliphatic heterocycles. The zero-order valence-electron chi connectivity index (χ0n) is 15.1. The predicted octanol–water partition coefficient (Wildman–Crippen LogP) is 5.32. The summed E-state index contributed by atoms with van der Waals surface area (Å²) in [6.45, 7) is 0. The Kier molecular flexibility index (Phi) is 5.01. The maximum atomic E-state index is 11.7. The van der Waals surface area contributed by atoms with Gasteiger partial charge >= 0.3 is 0 Å². The second kappa shape index (κ2) is 7.57. The van der Waals surface area contributed by atoms with Crippen LogP contribution in [0, 0.1) is 23.7 Å². The van der Waals surface area contributed by atoms with Crippen molar-refractivity contribution in [2.24, 2.45) is 23.7 Å². The lowest BCUT2D eigenvalue weighted by molar-refractivity contribution is -0.137. The molecule has 3 fully saturated rings. The van der Waals surface area contributed by atoms with Crippen molar-refractivity contribution in [3.8, 4) is 11.1 Å². The van der Waals surface area contributed by atoms with Gasteiger partial charge in [0.25, 0.3) is 0 Å². The molecule has 134 valence electrons. The molecule has 2 unspecified atom stereocenters. The summed E-state index contributed by atoms with van der Waals surface area (Å²) in [7, 11) is 0. The van der Waals surface area contributed by atoms with E-state index in [1.807, 2.05) is 12.1 Å². The molecule has 3 aliphatic rings. The van der Waals surface area contributed by atoms with E-state index in [4.69, 9.17) is 0 Å². The van der Waals surface area contributed by atoms with Crippen molar-refractivity contribution in [2.45, 2.75) is 38.5 Å². The zero-order chi connectivity index (χ0) is 17.9. The zero-order valence-corrected chi connectivity index (χ0v) is 15.1. The van der Waals surface area contributed by atoms with Crippen molar-refractivity contribution < 1.29 is 9.59 Å². The van der Waals surface area contributed by atoms with E-state index in [2.05, 4.69) is 48.5 Å². The van der Waals surface area contributed by atoms with Crippen molar-refractivity contribution in [1.29, 1.82) is 0 Å². The fourth-order valence-electron chi connectivity index (χ4n) is 5.29. The highest BCUT2D eigenvalue weighted by Crippen LogP contribution is 2.51. The number of hydrogen-bond acceptors (Lipinski definition) is 2. The summed E-state index contributed by atoms with van der Waals surface area (Å²) in [4.78, 5) is 23.5. The highest BCUT2D eigenvalue weighted by atomic mass is 16.2. The molecule has 2 atom stereocenters. The first-order chi connectivity index (χ1) is 12.8. The first-order valence-electron chi connectivity index (χ1n) is 9.94. The van der Waals surface area contributed by atoms with Crippen molar-refractivity contribution in [3.63, 3.8) is 0 Å². The SMILES string of the molecule is O=C1C(=O)C2CCCC3CCCC1C32.c1ccc(-c2ccccc2)cc1. The molecule has 3 aliphatic carbocycles. The quantitative estimate of drug-likeness (QED) is 0.655. The fraction of sp³-hybridized carbons (Fsp3) is 0.417. The van der Waals surface area contributed by atoms with Crippen LogP contribution in [-0.2, 0) is 9.59 Å². The molecule has 0 spiro atoms. The molecule has 26 heavy (non-hydrogen) atoms. The largest absolute Gasteiger partial charge is 0.291 e. The number of hydrogen-bond donors (Lipinski definition) is 0. The van der Waals surface area contributed by atoms with E-state index in [-0.39, 0.29) is 23.4 Å². The average molecular weight is 346 g/mol. The van der Waals surface area contributed by atoms with Gasteiger partial charge in [0.15, 0.2) is 0 Å². The molecule has 2 heteroatoms. The van der Waals surface area contributed by atoms with Gasteiger partial charge in [-0.05, 0) is 35.8 Å². The lowest BCUT2D eigenvalue weighted by Gasteiger charge is -2.39. The van der Waals surface area contributed by atoms with Crippen LogP contribution in [0.1, 0.15) is 38.5 Å². The van der Waals surface area contributed by atoms with Gasteiger partial charge in [-0.2, -0.15) is 0 Å². The molecule has 0 saturated heterocycles. The van der Waals surface area contributed by atoms with Gasteiger partial charge in [0, 0.05) is 11.8 Å². The summed E-state index contributed by atoms with van der Waals surface area (Å²) in [5.74, 6) is 1.37. The van der Waals surface area contributed by atoms with Crippen molar-refractivity contribution in [2.75, 3.05) is 0 Å². The van der Waals surface area contributed by atoms with E-state index in [9.17, 15) is 9.59 Å². The van der Waals surface area contributed by atoms with Crippen LogP contribution in [0.5, 0.6) is 0 Å². The number of carbonyl (C=O) groups is 2. The summed E-state index contributed by atoms with van der Waals surface area (Å²) in [6.07, 6.45) is 6.83. The third-order valence-electron chi connectivity index (χ3n) is 6.45. The van der Waals surface area contributed by atoms with Gasteiger partial charge in [0.2, 0.25) is 11.6 Å². The van der Waals surface area contributed by atoms with Gasteiger partial charge in [0.1, 0.15) is 0 Å². The van der Waals surface area contributed by atoms with Gasteiger partial charge in [-0.25, -0.2) is 0 Å². The number of rotatable bonds is 1. The van der Waals surface area contributed by atoms with Crippen molar-refractivity contribution in [1.82, 2.24) is 0 Å². The molecular formula is C24H26O2. The summed E-state index contributed by atoms with van der Waals surface area (Å²) in [5.41, 5.74) is 2.55. The fourth-order valence-corrected chi connectivity index (χ4v) is 5.29. The molecule has 5 rings (SSSR count). The Bertz CT molecular complexity index is 700. The third-order valence-corrected chi connectivity index (χ3v) is 6.45. The van der Waals surface area contributed by atoms with E-state index < -0.39 is 0 Å². The number of benzene rings is 2. The Morgan fingerprint density at radius 1 is 0.577 bits per heavy atom. The van der Waals surface area contributed by atoms with Crippen LogP contribution in [0.2, 0.25) is 0 Å². The molecule has 2 aromatic rings. The second-order valence-corrected chi connectivity index (χ2v) is 7.87. The molecule has 0 amide bonds. The van der Waals surface area contributed by atoms with E-state index in [1.54, 1.807) is 0 Å². The summed E-state index contributed by atoms with van der Waals surface area (Å²) < 4.78 is 0. The monoisotopic (exact) mass is 346 g/mol. The first-order valence-corrected chi connectivity index (χ1v) is 9.94. The standard InChI is InChI=1S/C12H16O2.C12H10/c13-11-8-5-1-3-7-4-2-6-9(10(7)8)12(11)14;1-3-7-11(8-4-1)12-9-5-2-6-10-12/h7-10H,1-6H2;1-10H. The van der Waals surface area contributed by atoms with Crippen molar-refractivity contribution >= 4 is 11.6 Å². The Morgan fingerprint density at radius 2 is 1.00 bits per heavy atom. The topological polar surface area (TPSA) is 34.1 Å². The van der Waals surface area contributed by atoms with E-state index in [1.165, 1.54) is 24.0 Å². The Hall–Kier alpha value is -2.22. The minimum absolute atomic E-state index is 0.0217. The predicted molar refractivity (Wildman–Crippen MR) is 104 cm³/mol. The highest BCUT2D eigenvalue weighted by molar-refractivity contribution is 6.41. The first kappa shape index (κ1) is 17.2. The van der Waals surface area contributed by atoms with Crippen LogP contribution in [0.25, 0.3) is 11.1 Å². The number of ketones is 2. The maximum Gasteiger partial charge on any atom is 0.202 e. The lowest BCUT2D eigenvalue weighted by Crippen LogP contribution is -2.33. The molecule has 0 bridgehead atoms. The lowest BCUT2D eigenvalue weighted by atomic mass is 9.65. The van der Waals surface area contributed by atoms with E-state index >= 15 is 0 Å². The second-order valence-electron chi connectivity index (χ2n) is 7.87. The molecule has 2 aromatic carbocycles. The van der Waals surface area contributed by atoms with Crippen LogP contribution in [0.3, 0.4) is 0 Å². The minimum atomic E-state index is -0.0217. The molecular weight excluding hydrogens is 320 g/mol. The average Bonchev–Trinajstić information content (AvgIpc) is 2.97. The number of carbonyl (C=O) groups excluding carboxylic acids is 2. The Morgan fingerprint density at radius 3 is 1.42 bits per heavy atom. The van der Waals surface area contributed by atoms with Crippen LogP contribution >= 0.6 is 0 Å². The van der Waals surface area contributed by atoms with E-state index in [0.717, 1.165) is 25.7 Å². The third kappa shape index (κ3) is 3.25. The Labute approximate surface area is 155 Å². The molecule has 0 N–H and O–H groups in total. The van der Waals surface area contributed by atoms with Crippen LogP contribution < -0.4 is 0 Å². The number of Topliss-reactive ketones (excluding diaryl/α,β-unsaturated/α-hetero) is 2. The summed E-state index contributed by atoms with van der Waals surface area (Å²) in [5, 5.41) is 0. The highest BCUT2D eigenvalue weighted by Gasteiger charge is 2.54. The molecule has 3 saturated carbocycles. The molecule has 2 nitrogen and oxygen atoms in total. The van der Waals surface area contributed by atoms with Crippen LogP contribution in [-0.4, -0.2) is 11.6 Å². The van der Waals surface area contributed by atoms with Gasteiger partial charge in [-0.1, -0.05) is 86.3 Å². The van der Waals surface area contributed by atoms with Gasteiger partial charge in [-0.15, -0.1) is 0 Å². The van der Waals surface area contributed by atoms with Gasteiger partial charge in [-0.3, -0.25) is 9.59 Å². The molecule has 0 radical (unpaired) electrons. The normalized spacial score (nSPS) is 29.5. The van der Waals surface area contributed by atoms with E-state index in [0.29, 0.717) is 11.8 Å². The molecule has 0 heterocycles. The van der Waals surface area contributed by atoms with Gasteiger partial charge < -0.3 is 0 Å². The summed E-state index contributed by atoms with van der Waals surface area (Å²) >= 11 is 0. The smallest absolute Gasteiger partial charge is 0.202 e. The van der Waals surface area contributed by atoms with Gasteiger partial charge in [0.05, 0.1) is 0 Å².